The van der Waals surface area contributed by atoms with Crippen LogP contribution in [0.2, 0.25) is 0 Å². The van der Waals surface area contributed by atoms with Gasteiger partial charge in [-0.3, -0.25) is 14.2 Å². The van der Waals surface area contributed by atoms with E-state index in [-0.39, 0.29) is 5.91 Å². The molecule has 1 aromatic rings. The van der Waals surface area contributed by atoms with Crippen LogP contribution in [0.1, 0.15) is 44.1 Å². The predicted molar refractivity (Wildman–Crippen MR) is 111 cm³/mol. The van der Waals surface area contributed by atoms with Crippen LogP contribution in [-0.2, 0) is 25.3 Å². The summed E-state index contributed by atoms with van der Waals surface area (Å²) in [6.45, 7) is 2.84. The molecule has 0 spiro atoms. The van der Waals surface area contributed by atoms with E-state index in [0.717, 1.165) is 44.3 Å². The van der Waals surface area contributed by atoms with Gasteiger partial charge in [-0.15, -0.1) is 0 Å². The molecule has 2 saturated heterocycles. The van der Waals surface area contributed by atoms with Gasteiger partial charge in [0.25, 0.3) is 8.18 Å². The Morgan fingerprint density at radius 3 is 2.52 bits per heavy atom. The normalized spacial score (nSPS) is 22.3. The number of rotatable bonds is 8. The van der Waals surface area contributed by atoms with Crippen LogP contribution in [0.15, 0.2) is 30.3 Å². The average Bonchev–Trinajstić information content (AvgIpc) is 2.77. The van der Waals surface area contributed by atoms with Crippen LogP contribution in [0.5, 0.6) is 0 Å². The number of amides is 1. The maximum absolute atomic E-state index is 12.5. The molecule has 0 aliphatic carbocycles. The first-order chi connectivity index (χ1) is 14.0. The summed E-state index contributed by atoms with van der Waals surface area (Å²) in [5, 5.41) is 9.17. The van der Waals surface area contributed by atoms with Crippen LogP contribution in [0.3, 0.4) is 0 Å². The Balaban J connectivity index is 1.34. The van der Waals surface area contributed by atoms with Crippen molar-refractivity contribution in [3.63, 3.8) is 0 Å². The minimum absolute atomic E-state index is 0.0677. The second kappa shape index (κ2) is 10.9. The lowest BCUT2D eigenvalue weighted by molar-refractivity contribution is -0.145. The van der Waals surface area contributed by atoms with Gasteiger partial charge in [0.1, 0.15) is 0 Å². The van der Waals surface area contributed by atoms with Crippen molar-refractivity contribution >= 4 is 20.1 Å². The molecule has 3 rings (SSSR count). The van der Waals surface area contributed by atoms with Crippen molar-refractivity contribution in [2.24, 2.45) is 11.8 Å². The van der Waals surface area contributed by atoms with Crippen LogP contribution < -0.4 is 0 Å². The molecule has 2 fully saturated rings. The fourth-order valence-corrected chi connectivity index (χ4v) is 5.20. The number of hydrogen-bond acceptors (Lipinski definition) is 4. The minimum Gasteiger partial charge on any atom is -0.481 e. The van der Waals surface area contributed by atoms with Gasteiger partial charge in [-0.1, -0.05) is 30.3 Å². The molecular formula is C21H31N2O5P. The van der Waals surface area contributed by atoms with Gasteiger partial charge in [-0.25, -0.2) is 4.67 Å². The van der Waals surface area contributed by atoms with Crippen LogP contribution >= 0.6 is 8.18 Å². The number of carbonyl (C=O) groups is 2. The molecule has 1 amide bonds. The van der Waals surface area contributed by atoms with Gasteiger partial charge in [0, 0.05) is 32.6 Å². The van der Waals surface area contributed by atoms with Crippen LogP contribution in [0.25, 0.3) is 0 Å². The maximum Gasteiger partial charge on any atom is 0.308 e. The molecule has 7 nitrogen and oxygen atoms in total. The van der Waals surface area contributed by atoms with E-state index in [1.54, 1.807) is 4.90 Å². The lowest BCUT2D eigenvalue weighted by Crippen LogP contribution is -2.42. The summed E-state index contributed by atoms with van der Waals surface area (Å²) in [6.07, 6.45) is 4.52. The third kappa shape index (κ3) is 6.66. The number of carbonyl (C=O) groups excluding carboxylic acids is 1. The predicted octanol–water partition coefficient (Wildman–Crippen LogP) is 3.41. The van der Waals surface area contributed by atoms with E-state index >= 15 is 0 Å². The van der Waals surface area contributed by atoms with Crippen molar-refractivity contribution in [2.45, 2.75) is 45.1 Å². The van der Waals surface area contributed by atoms with Crippen molar-refractivity contribution in [1.29, 1.82) is 0 Å². The molecule has 160 valence electrons. The van der Waals surface area contributed by atoms with E-state index in [4.69, 9.17) is 9.63 Å². The summed E-state index contributed by atoms with van der Waals surface area (Å²) in [5.74, 6) is -0.721. The quantitative estimate of drug-likeness (QED) is 0.646. The van der Waals surface area contributed by atoms with Gasteiger partial charge in [-0.05, 0) is 43.6 Å². The highest BCUT2D eigenvalue weighted by Crippen LogP contribution is 2.35. The molecule has 2 aliphatic rings. The monoisotopic (exact) mass is 422 g/mol. The molecule has 1 aromatic carbocycles. The van der Waals surface area contributed by atoms with Crippen LogP contribution in [0, 0.1) is 11.8 Å². The molecule has 0 radical (unpaired) electrons. The number of piperidine rings is 2. The lowest BCUT2D eigenvalue weighted by atomic mass is 9.92. The molecule has 2 atom stereocenters. The van der Waals surface area contributed by atoms with Crippen molar-refractivity contribution in [1.82, 2.24) is 9.57 Å². The average molecular weight is 422 g/mol. The molecule has 0 saturated carbocycles. The zero-order chi connectivity index (χ0) is 20.6. The number of carboxylic acid groups (broad SMARTS) is 1. The number of nitrogens with zero attached hydrogens (tertiary/aromatic N) is 2. The van der Waals surface area contributed by atoms with Crippen LogP contribution in [-0.4, -0.2) is 52.7 Å². The summed E-state index contributed by atoms with van der Waals surface area (Å²) < 4.78 is 19.9. The topological polar surface area (TPSA) is 87.2 Å². The summed E-state index contributed by atoms with van der Waals surface area (Å²) in [7, 11) is -2.22. The highest BCUT2D eigenvalue weighted by molar-refractivity contribution is 7.36. The van der Waals surface area contributed by atoms with Gasteiger partial charge in [0.05, 0.1) is 12.5 Å². The molecule has 1 N–H and O–H groups in total. The Labute approximate surface area is 172 Å². The molecule has 0 bridgehead atoms. The van der Waals surface area contributed by atoms with Crippen molar-refractivity contribution in [3.8, 4) is 0 Å². The van der Waals surface area contributed by atoms with E-state index in [1.807, 2.05) is 35.0 Å². The van der Waals surface area contributed by atoms with Gasteiger partial charge in [0.15, 0.2) is 0 Å². The smallest absolute Gasteiger partial charge is 0.308 e. The van der Waals surface area contributed by atoms with E-state index in [2.05, 4.69) is 0 Å². The molecule has 2 heterocycles. The molecule has 29 heavy (non-hydrogen) atoms. The Bertz CT molecular complexity index is 706. The number of benzene rings is 1. The van der Waals surface area contributed by atoms with Gasteiger partial charge in [0.2, 0.25) is 5.91 Å². The van der Waals surface area contributed by atoms with Gasteiger partial charge < -0.3 is 14.5 Å². The first-order valence-electron chi connectivity index (χ1n) is 10.5. The number of aliphatic carboxylic acids is 1. The third-order valence-electron chi connectivity index (χ3n) is 5.97. The zero-order valence-corrected chi connectivity index (χ0v) is 17.8. The second-order valence-electron chi connectivity index (χ2n) is 8.03. The standard InChI is InChI=1S/C21H31N2O5P/c24-20(22-12-4-7-19(15-22)21(25)26)9-8-17-10-13-23(14-11-17)29(27)28-16-18-5-2-1-3-6-18/h1-3,5-6,17,19,29H,4,7-16H2,(H,25,26)/t19-/m1/s1. The Morgan fingerprint density at radius 2 is 1.83 bits per heavy atom. The molecule has 8 heteroatoms. The number of carboxylic acids is 1. The fourth-order valence-electron chi connectivity index (χ4n) is 4.11. The summed E-state index contributed by atoms with van der Waals surface area (Å²) in [6, 6.07) is 9.74. The maximum atomic E-state index is 12.5. The van der Waals surface area contributed by atoms with Crippen molar-refractivity contribution in [2.75, 3.05) is 26.2 Å². The van der Waals surface area contributed by atoms with Gasteiger partial charge in [-0.2, -0.15) is 0 Å². The first kappa shape index (κ1) is 22.0. The number of likely N-dealkylation sites (tertiary alicyclic amines) is 1. The largest absolute Gasteiger partial charge is 0.481 e. The molecule has 2 aliphatic heterocycles. The number of hydrogen-bond donors (Lipinski definition) is 1. The Kier molecular flexibility index (Phi) is 8.28. The first-order valence-corrected chi connectivity index (χ1v) is 11.8. The summed E-state index contributed by atoms with van der Waals surface area (Å²) in [4.78, 5) is 25.3. The zero-order valence-electron chi connectivity index (χ0n) is 16.8. The lowest BCUT2D eigenvalue weighted by Gasteiger charge is -2.33. The Morgan fingerprint density at radius 1 is 1.10 bits per heavy atom. The van der Waals surface area contributed by atoms with Crippen molar-refractivity contribution in [3.05, 3.63) is 35.9 Å². The fraction of sp³-hybridized carbons (Fsp3) is 0.619. The van der Waals surface area contributed by atoms with E-state index in [9.17, 15) is 14.2 Å². The van der Waals surface area contributed by atoms with Crippen LogP contribution in [0.4, 0.5) is 0 Å². The van der Waals surface area contributed by atoms with Crippen molar-refractivity contribution < 1.29 is 23.8 Å². The SMILES string of the molecule is O=C(O)[C@@H]1CCCN(C(=O)CCC2CCN([PH](=O)OCc3ccccc3)CC2)C1. The van der Waals surface area contributed by atoms with E-state index < -0.39 is 20.1 Å². The third-order valence-corrected chi connectivity index (χ3v) is 7.32. The van der Waals surface area contributed by atoms with E-state index in [1.165, 1.54) is 0 Å². The summed E-state index contributed by atoms with van der Waals surface area (Å²) in [5.41, 5.74) is 1.02. The highest BCUT2D eigenvalue weighted by Gasteiger charge is 2.29. The second-order valence-corrected chi connectivity index (χ2v) is 9.48. The molecule has 0 aromatic heterocycles. The molecular weight excluding hydrogens is 391 g/mol. The summed E-state index contributed by atoms with van der Waals surface area (Å²) >= 11 is 0. The van der Waals surface area contributed by atoms with E-state index in [0.29, 0.717) is 38.5 Å². The minimum atomic E-state index is -2.22. The Hall–Kier alpha value is -1.69. The molecule has 1 unspecified atom stereocenters. The van der Waals surface area contributed by atoms with Gasteiger partial charge >= 0.3 is 5.97 Å². The highest BCUT2D eigenvalue weighted by atomic mass is 31.1.